The highest BCUT2D eigenvalue weighted by Gasteiger charge is 2.10. The van der Waals surface area contributed by atoms with Crippen molar-refractivity contribution in [3.8, 4) is 16.3 Å². The van der Waals surface area contributed by atoms with Gasteiger partial charge in [-0.3, -0.25) is 5.32 Å². The summed E-state index contributed by atoms with van der Waals surface area (Å²) in [4.78, 5) is 12.1. The smallest absolute Gasteiger partial charge is 0.325 e. The topological polar surface area (TPSA) is 76.1 Å². The maximum Gasteiger partial charge on any atom is 0.325 e. The molecule has 0 aliphatic rings. The lowest BCUT2D eigenvalue weighted by Gasteiger charge is -2.06. The number of nitrogens with one attached hydrogen (secondary N) is 2. The summed E-state index contributed by atoms with van der Waals surface area (Å²) >= 11 is 13.0. The number of ether oxygens (including phenoxy) is 1. The van der Waals surface area contributed by atoms with Crippen LogP contribution in [0.25, 0.3) is 10.6 Å². The Bertz CT molecular complexity index is 915. The number of carbonyl (C=O) groups excluding carboxylic acids is 1. The maximum absolute atomic E-state index is 12.1. The monoisotopic (exact) mass is 408 g/mol. The molecule has 0 aliphatic heterocycles. The van der Waals surface area contributed by atoms with Crippen LogP contribution in [0.1, 0.15) is 6.92 Å². The van der Waals surface area contributed by atoms with Gasteiger partial charge >= 0.3 is 6.03 Å². The van der Waals surface area contributed by atoms with E-state index < -0.39 is 6.03 Å². The molecule has 0 spiro atoms. The molecule has 3 aromatic rings. The molecule has 3 rings (SSSR count). The van der Waals surface area contributed by atoms with Crippen LogP contribution in [0.2, 0.25) is 10.0 Å². The Morgan fingerprint density at radius 1 is 1.08 bits per heavy atom. The van der Waals surface area contributed by atoms with E-state index in [0.717, 1.165) is 11.3 Å². The van der Waals surface area contributed by atoms with Crippen LogP contribution in [0.4, 0.5) is 15.6 Å². The second-order valence-electron chi connectivity index (χ2n) is 5.08. The highest BCUT2D eigenvalue weighted by Crippen LogP contribution is 2.28. The van der Waals surface area contributed by atoms with E-state index >= 15 is 0 Å². The summed E-state index contributed by atoms with van der Waals surface area (Å²) in [6.07, 6.45) is 0. The van der Waals surface area contributed by atoms with Gasteiger partial charge in [0.05, 0.1) is 16.7 Å². The van der Waals surface area contributed by atoms with Gasteiger partial charge in [0.1, 0.15) is 10.8 Å². The molecular weight excluding hydrogens is 395 g/mol. The van der Waals surface area contributed by atoms with Crippen molar-refractivity contribution in [2.24, 2.45) is 0 Å². The van der Waals surface area contributed by atoms with Crippen molar-refractivity contribution >= 4 is 51.4 Å². The quantitative estimate of drug-likeness (QED) is 0.579. The molecule has 1 aromatic heterocycles. The van der Waals surface area contributed by atoms with Gasteiger partial charge in [-0.05, 0) is 49.4 Å². The van der Waals surface area contributed by atoms with E-state index in [4.69, 9.17) is 27.9 Å². The molecule has 134 valence electrons. The predicted octanol–water partition coefficient (Wildman–Crippen LogP) is 5.55. The van der Waals surface area contributed by atoms with Crippen LogP contribution in [0.5, 0.6) is 5.75 Å². The summed E-state index contributed by atoms with van der Waals surface area (Å²) in [5.41, 5.74) is 1.41. The second-order valence-corrected chi connectivity index (χ2v) is 6.87. The third-order valence-corrected chi connectivity index (χ3v) is 4.86. The van der Waals surface area contributed by atoms with Gasteiger partial charge in [-0.15, -0.1) is 10.2 Å². The van der Waals surface area contributed by atoms with Crippen LogP contribution in [-0.4, -0.2) is 22.8 Å². The number of aromatic nitrogens is 2. The molecule has 9 heteroatoms. The van der Waals surface area contributed by atoms with Gasteiger partial charge < -0.3 is 10.1 Å². The van der Waals surface area contributed by atoms with Gasteiger partial charge in [0, 0.05) is 11.3 Å². The molecule has 26 heavy (non-hydrogen) atoms. The van der Waals surface area contributed by atoms with Crippen molar-refractivity contribution in [3.63, 3.8) is 0 Å². The number of anilines is 2. The zero-order valence-corrected chi connectivity index (χ0v) is 16.0. The van der Waals surface area contributed by atoms with Crippen molar-refractivity contribution < 1.29 is 9.53 Å². The van der Waals surface area contributed by atoms with Crippen molar-refractivity contribution in [2.75, 3.05) is 17.2 Å². The number of urea groups is 1. The number of benzene rings is 2. The van der Waals surface area contributed by atoms with E-state index in [1.54, 1.807) is 18.2 Å². The largest absolute Gasteiger partial charge is 0.494 e. The first-order valence-corrected chi connectivity index (χ1v) is 9.22. The Morgan fingerprint density at radius 3 is 2.54 bits per heavy atom. The second kappa shape index (κ2) is 8.35. The summed E-state index contributed by atoms with van der Waals surface area (Å²) < 4.78 is 5.41. The van der Waals surface area contributed by atoms with Gasteiger partial charge in [0.25, 0.3) is 0 Å². The molecule has 0 bridgehead atoms. The lowest BCUT2D eigenvalue weighted by Crippen LogP contribution is -2.19. The van der Waals surface area contributed by atoms with Crippen LogP contribution >= 0.6 is 34.5 Å². The average Bonchev–Trinajstić information content (AvgIpc) is 3.07. The third-order valence-electron chi connectivity index (χ3n) is 3.24. The molecule has 0 atom stereocenters. The first-order chi connectivity index (χ1) is 12.5. The highest BCUT2D eigenvalue weighted by atomic mass is 35.5. The number of nitrogens with zero attached hydrogens (tertiary/aromatic N) is 2. The summed E-state index contributed by atoms with van der Waals surface area (Å²) in [6, 6.07) is 11.9. The summed E-state index contributed by atoms with van der Waals surface area (Å²) in [7, 11) is 0. The third kappa shape index (κ3) is 4.63. The number of carbonyl (C=O) groups is 1. The minimum atomic E-state index is -0.446. The van der Waals surface area contributed by atoms with Crippen molar-refractivity contribution in [3.05, 3.63) is 52.5 Å². The van der Waals surface area contributed by atoms with Gasteiger partial charge in [-0.25, -0.2) is 4.79 Å². The molecular formula is C17H14Cl2N4O2S. The molecule has 2 N–H and O–H groups in total. The fourth-order valence-corrected chi connectivity index (χ4v) is 3.13. The number of hydrogen-bond donors (Lipinski definition) is 2. The van der Waals surface area contributed by atoms with Gasteiger partial charge in [0.15, 0.2) is 0 Å². The molecule has 6 nitrogen and oxygen atoms in total. The molecule has 0 saturated carbocycles. The molecule has 0 aliphatic carbocycles. The van der Waals surface area contributed by atoms with E-state index in [1.807, 2.05) is 31.2 Å². The van der Waals surface area contributed by atoms with Crippen molar-refractivity contribution in [1.82, 2.24) is 10.2 Å². The van der Waals surface area contributed by atoms with Gasteiger partial charge in [-0.1, -0.05) is 34.5 Å². The van der Waals surface area contributed by atoms with E-state index in [1.165, 1.54) is 11.3 Å². The fraction of sp³-hybridized carbons (Fsp3) is 0.118. The molecule has 0 unspecified atom stereocenters. The molecule has 2 aromatic carbocycles. The average molecular weight is 409 g/mol. The Kier molecular flexibility index (Phi) is 5.92. The lowest BCUT2D eigenvalue weighted by atomic mass is 10.2. The summed E-state index contributed by atoms with van der Waals surface area (Å²) in [5.74, 6) is 0.792. The van der Waals surface area contributed by atoms with E-state index in [2.05, 4.69) is 20.8 Å². The number of amides is 2. The first kappa shape index (κ1) is 18.4. The van der Waals surface area contributed by atoms with Crippen molar-refractivity contribution in [2.45, 2.75) is 6.92 Å². The first-order valence-electron chi connectivity index (χ1n) is 7.65. The highest BCUT2D eigenvalue weighted by molar-refractivity contribution is 7.18. The van der Waals surface area contributed by atoms with Crippen molar-refractivity contribution in [1.29, 1.82) is 0 Å². The Hall–Kier alpha value is -2.35. The van der Waals surface area contributed by atoms with E-state index in [9.17, 15) is 4.79 Å². The Morgan fingerprint density at radius 2 is 1.85 bits per heavy atom. The summed E-state index contributed by atoms with van der Waals surface area (Å²) in [6.45, 7) is 2.54. The molecule has 0 fully saturated rings. The van der Waals surface area contributed by atoms with Gasteiger partial charge in [-0.2, -0.15) is 0 Å². The minimum absolute atomic E-state index is 0.359. The number of halogens is 2. The number of rotatable bonds is 5. The SMILES string of the molecule is CCOc1ccc(-c2nnc(NC(=O)Nc3ccc(Cl)c(Cl)c3)s2)cc1. The molecule has 0 saturated heterocycles. The maximum atomic E-state index is 12.1. The molecule has 2 amide bonds. The predicted molar refractivity (Wildman–Crippen MR) is 106 cm³/mol. The minimum Gasteiger partial charge on any atom is -0.494 e. The molecule has 0 radical (unpaired) electrons. The van der Waals surface area contributed by atoms with Gasteiger partial charge in [0.2, 0.25) is 5.13 Å². The summed E-state index contributed by atoms with van der Waals surface area (Å²) in [5, 5.41) is 15.2. The van der Waals surface area contributed by atoms with Crippen LogP contribution in [-0.2, 0) is 0 Å². The van der Waals surface area contributed by atoms with E-state index in [0.29, 0.717) is 32.5 Å². The standard InChI is InChI=1S/C17H14Cl2N4O2S/c1-2-25-12-6-3-10(4-7-12)15-22-23-17(26-15)21-16(24)20-11-5-8-13(18)14(19)9-11/h3-9H,2H2,1H3,(H2,20,21,23,24). The van der Waals surface area contributed by atoms with Crippen LogP contribution in [0.15, 0.2) is 42.5 Å². The van der Waals surface area contributed by atoms with Crippen LogP contribution in [0, 0.1) is 0 Å². The van der Waals surface area contributed by atoms with Crippen LogP contribution in [0.3, 0.4) is 0 Å². The Labute approximate surface area is 164 Å². The number of hydrogen-bond acceptors (Lipinski definition) is 5. The fourth-order valence-electron chi connectivity index (χ4n) is 2.08. The zero-order valence-electron chi connectivity index (χ0n) is 13.6. The normalized spacial score (nSPS) is 10.4. The van der Waals surface area contributed by atoms with E-state index in [-0.39, 0.29) is 0 Å². The molecule has 1 heterocycles. The lowest BCUT2D eigenvalue weighted by molar-refractivity contribution is 0.262. The zero-order chi connectivity index (χ0) is 18.5. The van der Waals surface area contributed by atoms with Crippen LogP contribution < -0.4 is 15.4 Å². The Balaban J connectivity index is 1.64.